The van der Waals surface area contributed by atoms with Gasteiger partial charge in [0.1, 0.15) is 6.04 Å². The van der Waals surface area contributed by atoms with E-state index in [9.17, 15) is 9.59 Å². The van der Waals surface area contributed by atoms with E-state index in [0.717, 1.165) is 4.31 Å². The maximum absolute atomic E-state index is 11.9. The normalized spacial score (nSPS) is 21.6. The molecule has 1 saturated heterocycles. The number of halogens is 3. The van der Waals surface area contributed by atoms with E-state index < -0.39 is 21.1 Å². The third kappa shape index (κ3) is 3.79. The van der Waals surface area contributed by atoms with Crippen LogP contribution in [0.3, 0.4) is 0 Å². The molecule has 0 aromatic heterocycles. The van der Waals surface area contributed by atoms with Gasteiger partial charge in [-0.1, -0.05) is 34.8 Å². The Morgan fingerprint density at radius 3 is 2.47 bits per heavy atom. The van der Waals surface area contributed by atoms with Crippen LogP contribution in [-0.2, 0) is 9.53 Å². The Balaban J connectivity index is 2.75. The summed E-state index contributed by atoms with van der Waals surface area (Å²) in [5.74, 6) is -0.401. The number of carbonyl (C=O) groups is 2. The Labute approximate surface area is 118 Å². The lowest BCUT2D eigenvalue weighted by atomic mass is 10.3. The number of methoxy groups -OCH3 is 1. The van der Waals surface area contributed by atoms with E-state index in [4.69, 9.17) is 39.5 Å². The molecule has 1 heterocycles. The van der Waals surface area contributed by atoms with E-state index in [1.54, 1.807) is 6.92 Å². The highest BCUT2D eigenvalue weighted by atomic mass is 35.6. The van der Waals surface area contributed by atoms with Gasteiger partial charge in [0.2, 0.25) is 0 Å². The van der Waals surface area contributed by atoms with Crippen LogP contribution in [0.1, 0.15) is 6.92 Å². The highest BCUT2D eigenvalue weighted by Gasteiger charge is 2.46. The Hall–Kier alpha value is 0.120. The summed E-state index contributed by atoms with van der Waals surface area (Å²) in [4.78, 5) is 25.1. The van der Waals surface area contributed by atoms with Crippen molar-refractivity contribution in [2.75, 3.05) is 20.3 Å². The Morgan fingerprint density at radius 1 is 1.41 bits per heavy atom. The lowest BCUT2D eigenvalue weighted by Crippen LogP contribution is -2.35. The smallest absolute Gasteiger partial charge is 0.338 e. The van der Waals surface area contributed by atoms with E-state index in [0.29, 0.717) is 25.1 Å². The molecule has 1 atom stereocenters. The SMILES string of the molecule is COCCN1C(=O)N(SC(Cl)(Cl)Cl)C(=O)C1C. The molecule has 0 aromatic rings. The average Bonchev–Trinajstić information content (AvgIpc) is 2.40. The molecule has 0 radical (unpaired) electrons. The van der Waals surface area contributed by atoms with Crippen LogP contribution in [0.4, 0.5) is 4.79 Å². The molecule has 0 aromatic carbocycles. The zero-order chi connectivity index (χ0) is 13.2. The first-order valence-electron chi connectivity index (χ1n) is 4.67. The van der Waals surface area contributed by atoms with E-state index >= 15 is 0 Å². The number of imide groups is 1. The molecule has 1 fully saturated rings. The van der Waals surface area contributed by atoms with Gasteiger partial charge in [0.05, 0.1) is 6.61 Å². The van der Waals surface area contributed by atoms with Crippen LogP contribution in [0.15, 0.2) is 0 Å². The van der Waals surface area contributed by atoms with Crippen LogP contribution in [0.5, 0.6) is 0 Å². The van der Waals surface area contributed by atoms with Crippen molar-refractivity contribution < 1.29 is 14.3 Å². The fraction of sp³-hybridized carbons (Fsp3) is 0.750. The van der Waals surface area contributed by atoms with Crippen molar-refractivity contribution in [3.8, 4) is 0 Å². The summed E-state index contributed by atoms with van der Waals surface area (Å²) in [6, 6.07) is -1.06. The van der Waals surface area contributed by atoms with Crippen LogP contribution in [0.2, 0.25) is 0 Å². The quantitative estimate of drug-likeness (QED) is 0.453. The predicted molar refractivity (Wildman–Crippen MR) is 68.2 cm³/mol. The molecule has 1 rings (SSSR count). The first-order chi connectivity index (χ1) is 7.78. The second-order valence-corrected chi connectivity index (χ2v) is 7.43. The summed E-state index contributed by atoms with van der Waals surface area (Å²) in [5, 5.41) is 0. The number of rotatable bonds is 4. The number of alkyl halides is 3. The van der Waals surface area contributed by atoms with Crippen molar-refractivity contribution in [3.63, 3.8) is 0 Å². The maximum Gasteiger partial charge on any atom is 0.338 e. The number of urea groups is 1. The standard InChI is InChI=1S/C8H11Cl3N2O3S/c1-5-6(14)13(17-8(9,10)11)7(15)12(5)3-4-16-2/h5H,3-4H2,1-2H3. The average molecular weight is 322 g/mol. The summed E-state index contributed by atoms with van der Waals surface area (Å²) in [7, 11) is 1.51. The molecule has 1 aliphatic heterocycles. The lowest BCUT2D eigenvalue weighted by molar-refractivity contribution is -0.124. The Morgan fingerprint density at radius 2 is 2.00 bits per heavy atom. The first kappa shape index (κ1) is 15.2. The Bertz CT molecular complexity index is 324. The zero-order valence-corrected chi connectivity index (χ0v) is 12.2. The minimum Gasteiger partial charge on any atom is -0.383 e. The van der Waals surface area contributed by atoms with Crippen LogP contribution in [0, 0.1) is 0 Å². The number of carbonyl (C=O) groups excluding carboxylic acids is 2. The van der Waals surface area contributed by atoms with Crippen molar-refractivity contribution in [3.05, 3.63) is 0 Å². The van der Waals surface area contributed by atoms with Gasteiger partial charge < -0.3 is 9.64 Å². The molecule has 1 unspecified atom stereocenters. The first-order valence-corrected chi connectivity index (χ1v) is 6.58. The summed E-state index contributed by atoms with van der Waals surface area (Å²) < 4.78 is 3.98. The van der Waals surface area contributed by atoms with Gasteiger partial charge in [-0.25, -0.2) is 4.79 Å². The molecule has 0 saturated carbocycles. The molecular formula is C8H11Cl3N2O3S. The largest absolute Gasteiger partial charge is 0.383 e. The monoisotopic (exact) mass is 320 g/mol. The molecule has 5 nitrogen and oxygen atoms in total. The molecule has 0 spiro atoms. The molecule has 17 heavy (non-hydrogen) atoms. The van der Waals surface area contributed by atoms with Crippen molar-refractivity contribution >= 4 is 58.7 Å². The number of nitrogens with zero attached hydrogens (tertiary/aromatic N) is 2. The summed E-state index contributed by atoms with van der Waals surface area (Å²) in [6.45, 7) is 2.28. The molecule has 9 heteroatoms. The molecule has 0 bridgehead atoms. The zero-order valence-electron chi connectivity index (χ0n) is 9.15. The van der Waals surface area contributed by atoms with E-state index in [1.165, 1.54) is 12.0 Å². The van der Waals surface area contributed by atoms with Gasteiger partial charge in [-0.2, -0.15) is 4.31 Å². The summed E-state index contributed by atoms with van der Waals surface area (Å²) in [6.07, 6.45) is 0. The lowest BCUT2D eigenvalue weighted by Gasteiger charge is -2.19. The molecule has 98 valence electrons. The second kappa shape index (κ2) is 5.84. The van der Waals surface area contributed by atoms with Gasteiger partial charge in [-0.3, -0.25) is 4.79 Å². The number of amides is 3. The van der Waals surface area contributed by atoms with Crippen molar-refractivity contribution in [1.82, 2.24) is 9.21 Å². The van der Waals surface area contributed by atoms with Gasteiger partial charge in [-0.15, -0.1) is 0 Å². The van der Waals surface area contributed by atoms with Crippen molar-refractivity contribution in [2.24, 2.45) is 0 Å². The van der Waals surface area contributed by atoms with Crippen LogP contribution < -0.4 is 0 Å². The van der Waals surface area contributed by atoms with E-state index in [1.807, 2.05) is 0 Å². The molecule has 0 N–H and O–H groups in total. The van der Waals surface area contributed by atoms with Gasteiger partial charge >= 0.3 is 6.03 Å². The number of ether oxygens (including phenoxy) is 1. The Kier molecular flexibility index (Phi) is 5.21. The number of hydrogen-bond acceptors (Lipinski definition) is 4. The van der Waals surface area contributed by atoms with Crippen molar-refractivity contribution in [1.29, 1.82) is 0 Å². The number of hydrogen-bond donors (Lipinski definition) is 0. The highest BCUT2D eigenvalue weighted by Crippen LogP contribution is 2.43. The highest BCUT2D eigenvalue weighted by molar-refractivity contribution is 8.03. The molecule has 1 aliphatic rings. The molecular weight excluding hydrogens is 311 g/mol. The van der Waals surface area contributed by atoms with Gasteiger partial charge in [0.15, 0.2) is 0 Å². The van der Waals surface area contributed by atoms with Gasteiger partial charge in [-0.05, 0) is 6.92 Å². The summed E-state index contributed by atoms with van der Waals surface area (Å²) in [5.41, 5.74) is 0. The molecule has 3 amide bonds. The predicted octanol–water partition coefficient (Wildman–Crippen LogP) is 2.26. The van der Waals surface area contributed by atoms with E-state index in [2.05, 4.69) is 0 Å². The van der Waals surface area contributed by atoms with Crippen LogP contribution in [-0.4, -0.2) is 50.6 Å². The van der Waals surface area contributed by atoms with Crippen LogP contribution >= 0.6 is 46.8 Å². The third-order valence-electron chi connectivity index (χ3n) is 2.18. The fourth-order valence-electron chi connectivity index (χ4n) is 1.35. The van der Waals surface area contributed by atoms with Crippen molar-refractivity contribution in [2.45, 2.75) is 16.1 Å². The second-order valence-electron chi connectivity index (χ2n) is 3.31. The maximum atomic E-state index is 11.9. The fourth-order valence-corrected chi connectivity index (χ4v) is 2.60. The minimum atomic E-state index is -1.75. The van der Waals surface area contributed by atoms with Gasteiger partial charge in [0, 0.05) is 25.6 Å². The minimum absolute atomic E-state index is 0.319. The van der Waals surface area contributed by atoms with Crippen LogP contribution in [0.25, 0.3) is 0 Å². The van der Waals surface area contributed by atoms with Gasteiger partial charge in [0.25, 0.3) is 9.03 Å². The van der Waals surface area contributed by atoms with E-state index in [-0.39, 0.29) is 0 Å². The molecule has 0 aliphatic carbocycles. The third-order valence-corrected chi connectivity index (χ3v) is 3.52. The topological polar surface area (TPSA) is 49.9 Å². The summed E-state index contributed by atoms with van der Waals surface area (Å²) >= 11 is 17.2.